The van der Waals surface area contributed by atoms with Gasteiger partial charge in [0.1, 0.15) is 12.4 Å². The Morgan fingerprint density at radius 1 is 1.05 bits per heavy atom. The molecular weight excluding hydrogens is 377 g/mol. The summed E-state index contributed by atoms with van der Waals surface area (Å²) < 4.78 is 12.0. The van der Waals surface area contributed by atoms with Crippen molar-refractivity contribution in [3.8, 4) is 5.75 Å². The second-order valence-electron chi connectivity index (χ2n) is 4.83. The summed E-state index contributed by atoms with van der Waals surface area (Å²) in [5, 5.41) is 0. The molecule has 2 aromatic carbocycles. The SMILES string of the molecule is COCCOc1ccccc1C(N)c1cccc(C)c1I. The first-order valence-electron chi connectivity index (χ1n) is 6.86. The molecule has 0 saturated carbocycles. The Kier molecular flexibility index (Phi) is 6.02. The number of rotatable bonds is 6. The molecule has 0 aliphatic rings. The van der Waals surface area contributed by atoms with Gasteiger partial charge in [-0.05, 0) is 46.7 Å². The van der Waals surface area contributed by atoms with Crippen LogP contribution in [-0.4, -0.2) is 20.3 Å². The molecular formula is C17H20INO2. The van der Waals surface area contributed by atoms with Crippen LogP contribution in [0.2, 0.25) is 0 Å². The zero-order chi connectivity index (χ0) is 15.2. The summed E-state index contributed by atoms with van der Waals surface area (Å²) in [6.45, 7) is 3.18. The van der Waals surface area contributed by atoms with E-state index in [1.807, 2.05) is 30.3 Å². The van der Waals surface area contributed by atoms with Crippen molar-refractivity contribution in [3.63, 3.8) is 0 Å². The van der Waals surface area contributed by atoms with Crippen LogP contribution in [0, 0.1) is 10.5 Å². The fourth-order valence-electron chi connectivity index (χ4n) is 2.18. The van der Waals surface area contributed by atoms with Gasteiger partial charge in [-0.15, -0.1) is 0 Å². The summed E-state index contributed by atoms with van der Waals surface area (Å²) in [6.07, 6.45) is 0. The summed E-state index contributed by atoms with van der Waals surface area (Å²) in [5.74, 6) is 0.819. The van der Waals surface area contributed by atoms with Crippen molar-refractivity contribution in [1.82, 2.24) is 0 Å². The Hall–Kier alpha value is -1.11. The molecule has 112 valence electrons. The van der Waals surface area contributed by atoms with Gasteiger partial charge >= 0.3 is 0 Å². The van der Waals surface area contributed by atoms with Gasteiger partial charge in [0.25, 0.3) is 0 Å². The topological polar surface area (TPSA) is 44.5 Å². The van der Waals surface area contributed by atoms with Crippen LogP contribution in [0.5, 0.6) is 5.75 Å². The lowest BCUT2D eigenvalue weighted by molar-refractivity contribution is 0.145. The van der Waals surface area contributed by atoms with Crippen LogP contribution in [0.1, 0.15) is 22.7 Å². The van der Waals surface area contributed by atoms with Crippen LogP contribution in [0.15, 0.2) is 42.5 Å². The van der Waals surface area contributed by atoms with Gasteiger partial charge in [0, 0.05) is 16.2 Å². The highest BCUT2D eigenvalue weighted by Crippen LogP contribution is 2.31. The second kappa shape index (κ2) is 7.77. The van der Waals surface area contributed by atoms with E-state index in [9.17, 15) is 0 Å². The van der Waals surface area contributed by atoms with E-state index in [4.69, 9.17) is 15.2 Å². The first-order chi connectivity index (χ1) is 10.1. The van der Waals surface area contributed by atoms with E-state index in [1.165, 1.54) is 9.13 Å². The van der Waals surface area contributed by atoms with Crippen molar-refractivity contribution in [1.29, 1.82) is 0 Å². The molecule has 0 saturated heterocycles. The third-order valence-electron chi connectivity index (χ3n) is 3.36. The average molecular weight is 397 g/mol. The molecule has 0 fully saturated rings. The molecule has 2 N–H and O–H groups in total. The van der Waals surface area contributed by atoms with Crippen molar-refractivity contribution in [2.45, 2.75) is 13.0 Å². The fourth-order valence-corrected chi connectivity index (χ4v) is 2.88. The van der Waals surface area contributed by atoms with E-state index >= 15 is 0 Å². The summed E-state index contributed by atoms with van der Waals surface area (Å²) in [5.41, 5.74) is 9.83. The van der Waals surface area contributed by atoms with Gasteiger partial charge in [-0.25, -0.2) is 0 Å². The smallest absolute Gasteiger partial charge is 0.124 e. The van der Waals surface area contributed by atoms with E-state index in [1.54, 1.807) is 7.11 Å². The van der Waals surface area contributed by atoms with Crippen LogP contribution in [-0.2, 0) is 4.74 Å². The molecule has 0 spiro atoms. The number of hydrogen-bond donors (Lipinski definition) is 1. The van der Waals surface area contributed by atoms with Crippen LogP contribution in [0.3, 0.4) is 0 Å². The lowest BCUT2D eigenvalue weighted by Crippen LogP contribution is -2.16. The van der Waals surface area contributed by atoms with Gasteiger partial charge in [-0.2, -0.15) is 0 Å². The predicted octanol–water partition coefficient (Wildman–Crippen LogP) is 3.67. The first kappa shape index (κ1) is 16.3. The van der Waals surface area contributed by atoms with E-state index in [-0.39, 0.29) is 6.04 Å². The molecule has 0 amide bonds. The van der Waals surface area contributed by atoms with Crippen molar-refractivity contribution in [2.24, 2.45) is 5.73 Å². The minimum absolute atomic E-state index is 0.199. The highest BCUT2D eigenvalue weighted by molar-refractivity contribution is 14.1. The largest absolute Gasteiger partial charge is 0.491 e. The standard InChI is InChI=1S/C17H20INO2/c1-12-6-5-8-14(16(12)18)17(19)13-7-3-4-9-15(13)21-11-10-20-2/h3-9,17H,10-11,19H2,1-2H3. The van der Waals surface area contributed by atoms with Crippen LogP contribution in [0.4, 0.5) is 0 Å². The van der Waals surface area contributed by atoms with E-state index in [0.29, 0.717) is 13.2 Å². The summed E-state index contributed by atoms with van der Waals surface area (Å²) in [4.78, 5) is 0. The Labute approximate surface area is 139 Å². The van der Waals surface area contributed by atoms with Crippen LogP contribution in [0.25, 0.3) is 0 Å². The molecule has 3 nitrogen and oxygen atoms in total. The molecule has 2 rings (SSSR count). The monoisotopic (exact) mass is 397 g/mol. The van der Waals surface area contributed by atoms with Crippen molar-refractivity contribution < 1.29 is 9.47 Å². The van der Waals surface area contributed by atoms with Crippen LogP contribution >= 0.6 is 22.6 Å². The molecule has 21 heavy (non-hydrogen) atoms. The zero-order valence-electron chi connectivity index (χ0n) is 12.3. The number of para-hydroxylation sites is 1. The van der Waals surface area contributed by atoms with Gasteiger partial charge in [0.15, 0.2) is 0 Å². The number of hydrogen-bond acceptors (Lipinski definition) is 3. The summed E-state index contributed by atoms with van der Waals surface area (Å²) in [6, 6.07) is 13.9. The predicted molar refractivity (Wildman–Crippen MR) is 93.7 cm³/mol. The Balaban J connectivity index is 2.30. The Morgan fingerprint density at radius 3 is 2.52 bits per heavy atom. The number of benzene rings is 2. The molecule has 0 heterocycles. The number of ether oxygens (including phenoxy) is 2. The maximum absolute atomic E-state index is 6.48. The van der Waals surface area contributed by atoms with Gasteiger partial charge in [-0.1, -0.05) is 36.4 Å². The minimum atomic E-state index is -0.199. The lowest BCUT2D eigenvalue weighted by atomic mass is 9.97. The number of halogens is 1. The van der Waals surface area contributed by atoms with Crippen molar-refractivity contribution >= 4 is 22.6 Å². The van der Waals surface area contributed by atoms with Crippen molar-refractivity contribution in [3.05, 3.63) is 62.7 Å². The minimum Gasteiger partial charge on any atom is -0.491 e. The van der Waals surface area contributed by atoms with Gasteiger partial charge < -0.3 is 15.2 Å². The number of aryl methyl sites for hydroxylation is 1. The Morgan fingerprint density at radius 2 is 1.76 bits per heavy atom. The molecule has 1 atom stereocenters. The zero-order valence-corrected chi connectivity index (χ0v) is 14.5. The maximum atomic E-state index is 6.48. The average Bonchev–Trinajstić information content (AvgIpc) is 2.50. The lowest BCUT2D eigenvalue weighted by Gasteiger charge is -2.19. The van der Waals surface area contributed by atoms with E-state index < -0.39 is 0 Å². The fraction of sp³-hybridized carbons (Fsp3) is 0.294. The highest BCUT2D eigenvalue weighted by atomic mass is 127. The molecule has 0 aromatic heterocycles. The molecule has 0 aliphatic heterocycles. The number of nitrogens with two attached hydrogens (primary N) is 1. The first-order valence-corrected chi connectivity index (χ1v) is 7.94. The van der Waals surface area contributed by atoms with E-state index in [0.717, 1.165) is 16.9 Å². The summed E-state index contributed by atoms with van der Waals surface area (Å²) >= 11 is 2.35. The number of methoxy groups -OCH3 is 1. The Bertz CT molecular complexity index is 601. The molecule has 4 heteroatoms. The molecule has 0 aliphatic carbocycles. The third kappa shape index (κ3) is 3.96. The highest BCUT2D eigenvalue weighted by Gasteiger charge is 2.17. The normalized spacial score (nSPS) is 12.2. The molecule has 1 unspecified atom stereocenters. The van der Waals surface area contributed by atoms with Gasteiger partial charge in [0.2, 0.25) is 0 Å². The van der Waals surface area contributed by atoms with Crippen molar-refractivity contribution in [2.75, 3.05) is 20.3 Å². The van der Waals surface area contributed by atoms with Crippen LogP contribution < -0.4 is 10.5 Å². The van der Waals surface area contributed by atoms with Gasteiger partial charge in [0.05, 0.1) is 12.6 Å². The second-order valence-corrected chi connectivity index (χ2v) is 5.91. The molecule has 0 bridgehead atoms. The summed E-state index contributed by atoms with van der Waals surface area (Å²) in [7, 11) is 1.66. The maximum Gasteiger partial charge on any atom is 0.124 e. The van der Waals surface area contributed by atoms with E-state index in [2.05, 4.69) is 41.6 Å². The molecule has 0 radical (unpaired) electrons. The molecule has 2 aromatic rings. The third-order valence-corrected chi connectivity index (χ3v) is 4.83. The van der Waals surface area contributed by atoms with Gasteiger partial charge in [-0.3, -0.25) is 0 Å². The quantitative estimate of drug-likeness (QED) is 0.598.